The van der Waals surface area contributed by atoms with Gasteiger partial charge in [-0.15, -0.1) is 0 Å². The van der Waals surface area contributed by atoms with Gasteiger partial charge in [-0.25, -0.2) is 4.39 Å². The minimum absolute atomic E-state index is 0.0847. The zero-order valence-electron chi connectivity index (χ0n) is 8.92. The van der Waals surface area contributed by atoms with Crippen molar-refractivity contribution in [1.29, 1.82) is 0 Å². The molecule has 0 bridgehead atoms. The van der Waals surface area contributed by atoms with Gasteiger partial charge in [0.25, 0.3) is 0 Å². The Morgan fingerprint density at radius 3 is 2.53 bits per heavy atom. The zero-order chi connectivity index (χ0) is 12.3. The molecule has 1 heterocycles. The van der Waals surface area contributed by atoms with E-state index in [9.17, 15) is 4.39 Å². The van der Waals surface area contributed by atoms with Gasteiger partial charge in [0.1, 0.15) is 5.82 Å². The lowest BCUT2D eigenvalue weighted by atomic mass is 10.4. The average Bonchev–Trinajstić information content (AvgIpc) is 2.31. The number of anilines is 1. The second kappa shape index (κ2) is 4.96. The maximum Gasteiger partial charge on any atom is 0.321 e. The van der Waals surface area contributed by atoms with E-state index in [2.05, 4.69) is 15.0 Å². The molecule has 0 saturated carbocycles. The predicted octanol–water partition coefficient (Wildman–Crippen LogP) is 1.75. The van der Waals surface area contributed by atoms with Crippen LogP contribution < -0.4 is 10.5 Å². The third kappa shape index (κ3) is 3.04. The van der Waals surface area contributed by atoms with Crippen LogP contribution >= 0.6 is 11.8 Å². The normalized spacial score (nSPS) is 10.2. The molecule has 1 aromatic carbocycles. The van der Waals surface area contributed by atoms with Crippen molar-refractivity contribution in [2.45, 2.75) is 10.1 Å². The molecule has 0 spiro atoms. The lowest BCUT2D eigenvalue weighted by Crippen LogP contribution is -2.01. The minimum atomic E-state index is -0.290. The summed E-state index contributed by atoms with van der Waals surface area (Å²) in [5.74, 6) is -0.205. The van der Waals surface area contributed by atoms with E-state index in [1.807, 2.05) is 0 Å². The number of methoxy groups -OCH3 is 1. The van der Waals surface area contributed by atoms with Gasteiger partial charge in [-0.3, -0.25) is 0 Å². The van der Waals surface area contributed by atoms with E-state index < -0.39 is 0 Å². The third-order valence-corrected chi connectivity index (χ3v) is 2.69. The molecule has 1 aromatic heterocycles. The van der Waals surface area contributed by atoms with Gasteiger partial charge in [-0.1, -0.05) is 0 Å². The number of nitrogen functional groups attached to an aromatic ring is 1. The number of hydrogen-bond acceptors (Lipinski definition) is 6. The number of nitrogens with zero attached hydrogens (tertiary/aromatic N) is 3. The minimum Gasteiger partial charge on any atom is -0.467 e. The summed E-state index contributed by atoms with van der Waals surface area (Å²) in [4.78, 5) is 12.5. The van der Waals surface area contributed by atoms with Crippen LogP contribution in [-0.4, -0.2) is 22.1 Å². The largest absolute Gasteiger partial charge is 0.467 e. The Balaban J connectivity index is 2.23. The van der Waals surface area contributed by atoms with E-state index in [0.717, 1.165) is 4.90 Å². The van der Waals surface area contributed by atoms with E-state index in [1.54, 1.807) is 12.1 Å². The first-order chi connectivity index (χ1) is 8.17. The smallest absolute Gasteiger partial charge is 0.321 e. The van der Waals surface area contributed by atoms with Crippen LogP contribution in [0, 0.1) is 5.82 Å². The van der Waals surface area contributed by atoms with Crippen LogP contribution in [0.1, 0.15) is 0 Å². The highest BCUT2D eigenvalue weighted by Gasteiger charge is 2.06. The van der Waals surface area contributed by atoms with Crippen molar-refractivity contribution in [2.24, 2.45) is 0 Å². The fraction of sp³-hybridized carbons (Fsp3) is 0.100. The fourth-order valence-corrected chi connectivity index (χ4v) is 1.84. The molecule has 0 aliphatic heterocycles. The summed E-state index contributed by atoms with van der Waals surface area (Å²) in [6.45, 7) is 0. The quantitative estimate of drug-likeness (QED) is 0.897. The highest BCUT2D eigenvalue weighted by Crippen LogP contribution is 2.25. The SMILES string of the molecule is COc1nc(N)nc(Sc2ccc(F)cc2)n1. The van der Waals surface area contributed by atoms with E-state index in [-0.39, 0.29) is 17.8 Å². The molecule has 17 heavy (non-hydrogen) atoms. The summed E-state index contributed by atoms with van der Waals surface area (Å²) in [5, 5.41) is 0.404. The maximum atomic E-state index is 12.7. The summed E-state index contributed by atoms with van der Waals surface area (Å²) in [5.41, 5.74) is 5.50. The molecule has 2 N–H and O–H groups in total. The Labute approximate surface area is 101 Å². The monoisotopic (exact) mass is 252 g/mol. The second-order valence-electron chi connectivity index (χ2n) is 3.02. The van der Waals surface area contributed by atoms with Crippen molar-refractivity contribution in [2.75, 3.05) is 12.8 Å². The van der Waals surface area contributed by atoms with Crippen LogP contribution in [0.5, 0.6) is 6.01 Å². The molecule has 0 fully saturated rings. The van der Waals surface area contributed by atoms with Gasteiger partial charge in [0, 0.05) is 4.90 Å². The molecule has 0 atom stereocenters. The number of benzene rings is 1. The van der Waals surface area contributed by atoms with Crippen molar-refractivity contribution in [3.63, 3.8) is 0 Å². The summed E-state index contributed by atoms with van der Waals surface area (Å²) >= 11 is 1.25. The summed E-state index contributed by atoms with van der Waals surface area (Å²) in [6, 6.07) is 6.15. The van der Waals surface area contributed by atoms with Crippen LogP contribution in [0.25, 0.3) is 0 Å². The van der Waals surface area contributed by atoms with Crippen molar-refractivity contribution >= 4 is 17.7 Å². The lowest BCUT2D eigenvalue weighted by Gasteiger charge is -2.03. The summed E-state index contributed by atoms with van der Waals surface area (Å²) < 4.78 is 17.6. The number of ether oxygens (including phenoxy) is 1. The highest BCUT2D eigenvalue weighted by atomic mass is 32.2. The van der Waals surface area contributed by atoms with E-state index >= 15 is 0 Å². The van der Waals surface area contributed by atoms with E-state index in [1.165, 1.54) is 31.0 Å². The van der Waals surface area contributed by atoms with Crippen molar-refractivity contribution in [1.82, 2.24) is 15.0 Å². The molecule has 0 aliphatic carbocycles. The molecule has 2 aromatic rings. The summed E-state index contributed by atoms with van der Waals surface area (Å²) in [6.07, 6.45) is 0. The first-order valence-corrected chi connectivity index (χ1v) is 5.48. The Morgan fingerprint density at radius 2 is 1.88 bits per heavy atom. The molecule has 0 radical (unpaired) electrons. The van der Waals surface area contributed by atoms with Crippen LogP contribution in [0.4, 0.5) is 10.3 Å². The average molecular weight is 252 g/mol. The topological polar surface area (TPSA) is 73.9 Å². The van der Waals surface area contributed by atoms with E-state index in [4.69, 9.17) is 10.5 Å². The first-order valence-electron chi connectivity index (χ1n) is 4.66. The molecule has 7 heteroatoms. The van der Waals surface area contributed by atoms with Gasteiger partial charge in [-0.2, -0.15) is 15.0 Å². The second-order valence-corrected chi connectivity index (χ2v) is 4.06. The zero-order valence-corrected chi connectivity index (χ0v) is 9.74. The van der Waals surface area contributed by atoms with Crippen molar-refractivity contribution < 1.29 is 9.13 Å². The summed E-state index contributed by atoms with van der Waals surface area (Å²) in [7, 11) is 1.45. The van der Waals surface area contributed by atoms with Gasteiger partial charge in [-0.05, 0) is 36.0 Å². The van der Waals surface area contributed by atoms with Gasteiger partial charge in [0.15, 0.2) is 0 Å². The molecular formula is C10H9FN4OS. The van der Waals surface area contributed by atoms with Gasteiger partial charge in [0.2, 0.25) is 11.1 Å². The van der Waals surface area contributed by atoms with Crippen LogP contribution in [0.15, 0.2) is 34.3 Å². The standard InChI is InChI=1S/C10H9FN4OS/c1-16-9-13-8(12)14-10(15-9)17-7-4-2-6(11)3-5-7/h2-5H,1H3,(H2,12,13,14,15). The fourth-order valence-electron chi connectivity index (χ4n) is 1.10. The molecule has 0 saturated heterocycles. The predicted molar refractivity (Wildman–Crippen MR) is 61.3 cm³/mol. The van der Waals surface area contributed by atoms with Gasteiger partial charge < -0.3 is 10.5 Å². The molecule has 88 valence electrons. The number of nitrogens with two attached hydrogens (primary N) is 1. The molecular weight excluding hydrogens is 243 g/mol. The molecule has 2 rings (SSSR count). The van der Waals surface area contributed by atoms with Crippen LogP contribution in [-0.2, 0) is 0 Å². The molecule has 5 nitrogen and oxygen atoms in total. The Kier molecular flexibility index (Phi) is 3.38. The number of aromatic nitrogens is 3. The maximum absolute atomic E-state index is 12.7. The molecule has 0 aliphatic rings. The van der Waals surface area contributed by atoms with Crippen LogP contribution in [0.2, 0.25) is 0 Å². The number of rotatable bonds is 3. The highest BCUT2D eigenvalue weighted by molar-refractivity contribution is 7.99. The first kappa shape index (κ1) is 11.6. The van der Waals surface area contributed by atoms with Crippen molar-refractivity contribution in [3.05, 3.63) is 30.1 Å². The van der Waals surface area contributed by atoms with E-state index in [0.29, 0.717) is 5.16 Å². The lowest BCUT2D eigenvalue weighted by molar-refractivity contribution is 0.374. The number of hydrogen-bond donors (Lipinski definition) is 1. The number of halogens is 1. The Bertz CT molecular complexity index is 520. The molecule has 0 unspecified atom stereocenters. The Morgan fingerprint density at radius 1 is 1.18 bits per heavy atom. The third-order valence-electron chi connectivity index (χ3n) is 1.82. The van der Waals surface area contributed by atoms with Crippen molar-refractivity contribution in [3.8, 4) is 6.01 Å². The molecule has 0 amide bonds. The Hall–Kier alpha value is -1.89. The van der Waals surface area contributed by atoms with Gasteiger partial charge >= 0.3 is 6.01 Å². The van der Waals surface area contributed by atoms with Crippen LogP contribution in [0.3, 0.4) is 0 Å². The van der Waals surface area contributed by atoms with Gasteiger partial charge in [0.05, 0.1) is 7.11 Å².